The van der Waals surface area contributed by atoms with Gasteiger partial charge in [0, 0.05) is 48.4 Å². The number of para-hydroxylation sites is 2. The molecule has 4 nitrogen and oxygen atoms in total. The first kappa shape index (κ1) is 25.1. The van der Waals surface area contributed by atoms with Gasteiger partial charge in [0.1, 0.15) is 11.3 Å². The van der Waals surface area contributed by atoms with Crippen LogP contribution in [0.2, 0.25) is 0 Å². The van der Waals surface area contributed by atoms with Crippen LogP contribution in [0.15, 0.2) is 123 Å². The SMILES string of the molecule is CC1(C)c2cc3c(cc2C2c4c(oc5ccccc45)C=CC21)c1ccccc1n3-c1nc2c3c(cccc3n1)Sc1ccccc1-2. The lowest BCUT2D eigenvalue weighted by atomic mass is 9.72. The van der Waals surface area contributed by atoms with Crippen molar-refractivity contribution in [1.82, 2.24) is 14.5 Å². The van der Waals surface area contributed by atoms with Gasteiger partial charge in [-0.25, -0.2) is 9.97 Å². The lowest BCUT2D eigenvalue weighted by Gasteiger charge is -2.31. The molecule has 2 unspecified atom stereocenters. The third-order valence-corrected chi connectivity index (χ3v) is 11.9. The van der Waals surface area contributed by atoms with E-state index in [0.29, 0.717) is 11.9 Å². The van der Waals surface area contributed by atoms with Crippen LogP contribution in [0.4, 0.5) is 0 Å². The van der Waals surface area contributed by atoms with Gasteiger partial charge in [-0.15, -0.1) is 0 Å². The maximum absolute atomic E-state index is 6.39. The molecular formula is C41H27N3OS. The van der Waals surface area contributed by atoms with Gasteiger partial charge < -0.3 is 4.42 Å². The summed E-state index contributed by atoms with van der Waals surface area (Å²) in [5.41, 5.74) is 10.4. The van der Waals surface area contributed by atoms with Crippen molar-refractivity contribution in [3.8, 4) is 17.2 Å². The maximum atomic E-state index is 6.39. The highest BCUT2D eigenvalue weighted by Gasteiger charge is 2.49. The molecule has 0 fully saturated rings. The summed E-state index contributed by atoms with van der Waals surface area (Å²) < 4.78 is 8.68. The standard InChI is InChI=1S/C41H27N3OS/c1-41(2)27-18-19-33-37(23-11-4-7-15-32(23)45-33)36(27)26-20-25-22-10-3-6-14-30(22)44(31(25)21-28(26)41)40-42-29-13-9-17-35-38(29)39(43-40)24-12-5-8-16-34(24)46-35/h3-21,27,36H,1-2H3. The van der Waals surface area contributed by atoms with Crippen LogP contribution in [0.3, 0.4) is 0 Å². The van der Waals surface area contributed by atoms with E-state index in [1.54, 1.807) is 11.8 Å². The van der Waals surface area contributed by atoms with Crippen molar-refractivity contribution in [3.63, 3.8) is 0 Å². The van der Waals surface area contributed by atoms with Crippen molar-refractivity contribution >= 4 is 61.5 Å². The molecule has 11 rings (SSSR count). The predicted octanol–water partition coefficient (Wildman–Crippen LogP) is 10.7. The second-order valence-corrected chi connectivity index (χ2v) is 14.5. The summed E-state index contributed by atoms with van der Waals surface area (Å²) in [5, 5.41) is 4.81. The fraction of sp³-hybridized carbons (Fsp3) is 0.122. The Bertz CT molecular complexity index is 2680. The quantitative estimate of drug-likeness (QED) is 0.186. The summed E-state index contributed by atoms with van der Waals surface area (Å²) in [6, 6.07) is 37.1. The van der Waals surface area contributed by atoms with E-state index in [9.17, 15) is 0 Å². The number of hydrogen-bond donors (Lipinski definition) is 0. The van der Waals surface area contributed by atoms with Crippen molar-refractivity contribution < 1.29 is 4.42 Å². The van der Waals surface area contributed by atoms with E-state index in [4.69, 9.17) is 14.4 Å². The number of rotatable bonds is 1. The number of benzene rings is 5. The minimum atomic E-state index is -0.0800. The lowest BCUT2D eigenvalue weighted by molar-refractivity contribution is 0.388. The molecule has 0 saturated heterocycles. The molecule has 4 heterocycles. The molecule has 0 bridgehead atoms. The average Bonchev–Trinajstić information content (AvgIpc) is 3.69. The Kier molecular flexibility index (Phi) is 4.67. The second-order valence-electron chi connectivity index (χ2n) is 13.4. The van der Waals surface area contributed by atoms with Crippen molar-refractivity contribution in [2.45, 2.75) is 35.0 Å². The van der Waals surface area contributed by atoms with Crippen molar-refractivity contribution in [1.29, 1.82) is 0 Å². The van der Waals surface area contributed by atoms with Gasteiger partial charge in [0.25, 0.3) is 0 Å². The highest BCUT2D eigenvalue weighted by molar-refractivity contribution is 7.99. The second kappa shape index (κ2) is 8.56. The Morgan fingerprint density at radius 3 is 2.50 bits per heavy atom. The van der Waals surface area contributed by atoms with E-state index in [2.05, 4.69) is 134 Å². The molecule has 0 radical (unpaired) electrons. The summed E-state index contributed by atoms with van der Waals surface area (Å²) in [6.07, 6.45) is 4.59. The number of furan rings is 1. The zero-order valence-corrected chi connectivity index (χ0v) is 26.1. The number of hydrogen-bond acceptors (Lipinski definition) is 4. The van der Waals surface area contributed by atoms with Crippen LogP contribution in [0.5, 0.6) is 0 Å². The molecule has 5 heteroatoms. The minimum absolute atomic E-state index is 0.0800. The summed E-state index contributed by atoms with van der Waals surface area (Å²) >= 11 is 1.80. The smallest absolute Gasteiger partial charge is 0.235 e. The van der Waals surface area contributed by atoms with E-state index in [0.717, 1.165) is 39.0 Å². The Morgan fingerprint density at radius 2 is 1.57 bits per heavy atom. The Hall–Kier alpha value is -5.13. The van der Waals surface area contributed by atoms with Gasteiger partial charge in [-0.2, -0.15) is 0 Å². The van der Waals surface area contributed by atoms with Gasteiger partial charge in [-0.05, 0) is 71.0 Å². The summed E-state index contributed by atoms with van der Waals surface area (Å²) in [4.78, 5) is 13.1. The van der Waals surface area contributed by atoms with Crippen molar-refractivity contribution in [2.75, 3.05) is 0 Å². The molecule has 0 N–H and O–H groups in total. The molecule has 5 aromatic carbocycles. The van der Waals surface area contributed by atoms with Crippen LogP contribution in [-0.2, 0) is 5.41 Å². The average molecular weight is 610 g/mol. The molecule has 3 aromatic heterocycles. The molecule has 3 aliphatic rings. The fourth-order valence-electron chi connectivity index (χ4n) is 8.65. The van der Waals surface area contributed by atoms with Gasteiger partial charge in [0.15, 0.2) is 0 Å². The molecule has 0 amide bonds. The van der Waals surface area contributed by atoms with Crippen molar-refractivity contribution in [2.24, 2.45) is 5.92 Å². The summed E-state index contributed by atoms with van der Waals surface area (Å²) in [7, 11) is 0. The van der Waals surface area contributed by atoms with E-state index in [1.807, 2.05) is 0 Å². The van der Waals surface area contributed by atoms with E-state index in [1.165, 1.54) is 48.2 Å². The highest BCUT2D eigenvalue weighted by Crippen LogP contribution is 2.59. The van der Waals surface area contributed by atoms with Crippen LogP contribution in [0.25, 0.3) is 67.0 Å². The first-order chi connectivity index (χ1) is 22.6. The highest BCUT2D eigenvalue weighted by atomic mass is 32.2. The van der Waals surface area contributed by atoms with Crippen molar-refractivity contribution in [3.05, 3.63) is 132 Å². The molecular weight excluding hydrogens is 583 g/mol. The van der Waals surface area contributed by atoms with Crippen LogP contribution in [0.1, 0.15) is 42.2 Å². The third kappa shape index (κ3) is 3.06. The largest absolute Gasteiger partial charge is 0.456 e. The van der Waals surface area contributed by atoms with Crippen LogP contribution in [0, 0.1) is 5.92 Å². The van der Waals surface area contributed by atoms with Gasteiger partial charge in [-0.1, -0.05) is 92.3 Å². The predicted molar refractivity (Wildman–Crippen MR) is 187 cm³/mol. The molecule has 2 aliphatic carbocycles. The summed E-state index contributed by atoms with van der Waals surface area (Å²) in [6.45, 7) is 4.80. The number of nitrogens with zero attached hydrogens (tertiary/aromatic N) is 3. The Balaban J connectivity index is 1.22. The van der Waals surface area contributed by atoms with Gasteiger partial charge in [-0.3, -0.25) is 4.57 Å². The van der Waals surface area contributed by atoms with Gasteiger partial charge in [0.2, 0.25) is 5.95 Å². The monoisotopic (exact) mass is 609 g/mol. The number of allylic oxidation sites excluding steroid dienone is 1. The Morgan fingerprint density at radius 1 is 0.761 bits per heavy atom. The minimum Gasteiger partial charge on any atom is -0.456 e. The zero-order valence-electron chi connectivity index (χ0n) is 25.3. The fourth-order valence-corrected chi connectivity index (χ4v) is 9.76. The number of aromatic nitrogens is 3. The van der Waals surface area contributed by atoms with Crippen LogP contribution >= 0.6 is 11.8 Å². The molecule has 0 saturated carbocycles. The molecule has 8 aromatic rings. The van der Waals surface area contributed by atoms with E-state index >= 15 is 0 Å². The summed E-state index contributed by atoms with van der Waals surface area (Å²) in [5.74, 6) is 2.26. The molecule has 2 atom stereocenters. The lowest BCUT2D eigenvalue weighted by Crippen LogP contribution is -2.26. The van der Waals surface area contributed by atoms with Gasteiger partial charge >= 0.3 is 0 Å². The third-order valence-electron chi connectivity index (χ3n) is 10.7. The topological polar surface area (TPSA) is 43.9 Å². The van der Waals surface area contributed by atoms with Crippen LogP contribution in [-0.4, -0.2) is 14.5 Å². The molecule has 46 heavy (non-hydrogen) atoms. The molecule has 0 spiro atoms. The van der Waals surface area contributed by atoms with Gasteiger partial charge in [0.05, 0.1) is 22.2 Å². The zero-order chi connectivity index (χ0) is 30.3. The first-order valence-electron chi connectivity index (χ1n) is 15.9. The maximum Gasteiger partial charge on any atom is 0.235 e. The number of fused-ring (bicyclic) bond motifs is 12. The van der Waals surface area contributed by atoms with E-state index < -0.39 is 0 Å². The molecule has 218 valence electrons. The first-order valence-corrected chi connectivity index (χ1v) is 16.7. The van der Waals surface area contributed by atoms with Crippen LogP contribution < -0.4 is 0 Å². The normalized spacial score (nSPS) is 18.7. The molecule has 1 aliphatic heterocycles. The van der Waals surface area contributed by atoms with E-state index in [-0.39, 0.29) is 11.3 Å². The Labute approximate surface area is 269 Å².